The summed E-state index contributed by atoms with van der Waals surface area (Å²) >= 11 is 0. The lowest BCUT2D eigenvalue weighted by Crippen LogP contribution is -2.51. The molecule has 1 nitrogen and oxygen atoms in total. The van der Waals surface area contributed by atoms with Gasteiger partial charge in [-0.25, -0.2) is 0 Å². The van der Waals surface area contributed by atoms with E-state index in [1.54, 1.807) is 0 Å². The zero-order valence-corrected chi connectivity index (χ0v) is 15.5. The van der Waals surface area contributed by atoms with Gasteiger partial charge < -0.3 is 4.90 Å². The summed E-state index contributed by atoms with van der Waals surface area (Å²) in [5, 5.41) is 0. The molecule has 1 atom stereocenters. The fourth-order valence-corrected chi connectivity index (χ4v) is 5.44. The number of hydrogen-bond donors (Lipinski definition) is 0. The SMILES string of the molecule is CCCC(C[C@H]1CC2CCN1CC2)(c1ccccc1)c1ccccc1. The van der Waals surface area contributed by atoms with E-state index in [0.717, 1.165) is 12.0 Å². The summed E-state index contributed by atoms with van der Waals surface area (Å²) in [7, 11) is 0. The first-order valence-electron chi connectivity index (χ1n) is 10.2. The number of nitrogens with zero attached hydrogens (tertiary/aromatic N) is 1. The van der Waals surface area contributed by atoms with Crippen LogP contribution in [0.5, 0.6) is 0 Å². The molecule has 0 amide bonds. The van der Waals surface area contributed by atoms with Gasteiger partial charge in [0.05, 0.1) is 0 Å². The van der Waals surface area contributed by atoms with Gasteiger partial charge in [0.25, 0.3) is 0 Å². The topological polar surface area (TPSA) is 3.24 Å². The van der Waals surface area contributed by atoms with Crippen LogP contribution >= 0.6 is 0 Å². The summed E-state index contributed by atoms with van der Waals surface area (Å²) in [4.78, 5) is 2.79. The van der Waals surface area contributed by atoms with Crippen molar-refractivity contribution in [1.82, 2.24) is 4.90 Å². The average Bonchev–Trinajstić information content (AvgIpc) is 2.70. The predicted molar refractivity (Wildman–Crippen MR) is 106 cm³/mol. The highest BCUT2D eigenvalue weighted by molar-refractivity contribution is 5.39. The van der Waals surface area contributed by atoms with Gasteiger partial charge in [-0.05, 0) is 62.2 Å². The highest BCUT2D eigenvalue weighted by atomic mass is 15.2. The third-order valence-corrected chi connectivity index (χ3v) is 6.68. The largest absolute Gasteiger partial charge is 0.300 e. The molecule has 2 aromatic rings. The standard InChI is InChI=1S/C24H31N/c1-2-15-24(21-9-5-3-6-10-21,22-11-7-4-8-12-22)19-23-18-20-13-16-25(23)17-14-20/h3-12,20,23H,2,13-19H2,1H3/t23-/m1/s1. The van der Waals surface area contributed by atoms with Crippen LogP contribution in [0.4, 0.5) is 0 Å². The van der Waals surface area contributed by atoms with Gasteiger partial charge in [-0.1, -0.05) is 74.0 Å². The molecule has 132 valence electrons. The molecular formula is C24H31N. The Kier molecular flexibility index (Phi) is 4.94. The van der Waals surface area contributed by atoms with Crippen molar-refractivity contribution in [3.05, 3.63) is 71.8 Å². The van der Waals surface area contributed by atoms with E-state index in [-0.39, 0.29) is 5.41 Å². The number of piperidine rings is 3. The summed E-state index contributed by atoms with van der Waals surface area (Å²) in [5.74, 6) is 0.973. The van der Waals surface area contributed by atoms with Crippen molar-refractivity contribution in [1.29, 1.82) is 0 Å². The monoisotopic (exact) mass is 333 g/mol. The quantitative estimate of drug-likeness (QED) is 0.660. The summed E-state index contributed by atoms with van der Waals surface area (Å²) in [5.41, 5.74) is 3.16. The van der Waals surface area contributed by atoms with Crippen LogP contribution in [0, 0.1) is 5.92 Å². The Balaban J connectivity index is 1.74. The number of fused-ring (bicyclic) bond motifs is 3. The van der Waals surface area contributed by atoms with Crippen molar-refractivity contribution < 1.29 is 0 Å². The van der Waals surface area contributed by atoms with Gasteiger partial charge in [-0.2, -0.15) is 0 Å². The van der Waals surface area contributed by atoms with E-state index in [9.17, 15) is 0 Å². The predicted octanol–water partition coefficient (Wildman–Crippen LogP) is 5.65. The van der Waals surface area contributed by atoms with E-state index >= 15 is 0 Å². The molecule has 3 fully saturated rings. The van der Waals surface area contributed by atoms with Crippen molar-refractivity contribution in [2.24, 2.45) is 5.92 Å². The van der Waals surface area contributed by atoms with Crippen molar-refractivity contribution in [3.63, 3.8) is 0 Å². The van der Waals surface area contributed by atoms with Crippen LogP contribution in [0.3, 0.4) is 0 Å². The van der Waals surface area contributed by atoms with Crippen LogP contribution in [0.15, 0.2) is 60.7 Å². The zero-order chi connectivity index (χ0) is 17.1. The zero-order valence-electron chi connectivity index (χ0n) is 15.5. The van der Waals surface area contributed by atoms with Gasteiger partial charge in [-0.15, -0.1) is 0 Å². The Morgan fingerprint density at radius 3 is 1.88 bits per heavy atom. The molecule has 0 aliphatic carbocycles. The van der Waals surface area contributed by atoms with Crippen LogP contribution < -0.4 is 0 Å². The fraction of sp³-hybridized carbons (Fsp3) is 0.500. The first-order valence-corrected chi connectivity index (χ1v) is 10.2. The Labute approximate surface area is 153 Å². The third-order valence-electron chi connectivity index (χ3n) is 6.68. The second kappa shape index (κ2) is 7.33. The van der Waals surface area contributed by atoms with E-state index in [0.29, 0.717) is 0 Å². The third kappa shape index (κ3) is 3.27. The molecule has 1 heteroatoms. The van der Waals surface area contributed by atoms with Crippen LogP contribution in [0.25, 0.3) is 0 Å². The molecule has 0 aromatic heterocycles. The lowest BCUT2D eigenvalue weighted by Gasteiger charge is -2.49. The second-order valence-electron chi connectivity index (χ2n) is 8.14. The van der Waals surface area contributed by atoms with Gasteiger partial charge in [0.1, 0.15) is 0 Å². The minimum absolute atomic E-state index is 0.152. The van der Waals surface area contributed by atoms with Gasteiger partial charge in [0.2, 0.25) is 0 Å². The summed E-state index contributed by atoms with van der Waals surface area (Å²) in [6, 6.07) is 23.4. The van der Waals surface area contributed by atoms with Crippen molar-refractivity contribution in [2.75, 3.05) is 13.1 Å². The lowest BCUT2D eigenvalue weighted by molar-refractivity contribution is 0.0344. The van der Waals surface area contributed by atoms with Gasteiger partial charge >= 0.3 is 0 Å². The van der Waals surface area contributed by atoms with E-state index in [1.165, 1.54) is 62.7 Å². The fourth-order valence-electron chi connectivity index (χ4n) is 5.44. The van der Waals surface area contributed by atoms with Crippen LogP contribution in [0.2, 0.25) is 0 Å². The van der Waals surface area contributed by atoms with Crippen molar-refractivity contribution in [2.45, 2.75) is 56.9 Å². The molecule has 2 bridgehead atoms. The smallest absolute Gasteiger partial charge is 0.0217 e. The number of rotatable bonds is 6. The molecule has 0 radical (unpaired) electrons. The number of benzene rings is 2. The first kappa shape index (κ1) is 16.8. The van der Waals surface area contributed by atoms with Crippen molar-refractivity contribution >= 4 is 0 Å². The molecule has 3 saturated heterocycles. The second-order valence-corrected chi connectivity index (χ2v) is 8.14. The highest BCUT2D eigenvalue weighted by Gasteiger charge is 2.41. The molecule has 3 heterocycles. The molecule has 3 aliphatic rings. The van der Waals surface area contributed by atoms with E-state index in [4.69, 9.17) is 0 Å². The van der Waals surface area contributed by atoms with Crippen molar-refractivity contribution in [3.8, 4) is 0 Å². The Hall–Kier alpha value is -1.60. The maximum Gasteiger partial charge on any atom is 0.0217 e. The van der Waals surface area contributed by atoms with Crippen LogP contribution in [0.1, 0.15) is 56.6 Å². The molecular weight excluding hydrogens is 302 g/mol. The molecule has 2 aromatic carbocycles. The van der Waals surface area contributed by atoms with E-state index in [1.807, 2.05) is 0 Å². The van der Waals surface area contributed by atoms with Crippen LogP contribution in [-0.2, 0) is 5.41 Å². The highest BCUT2D eigenvalue weighted by Crippen LogP contribution is 2.45. The van der Waals surface area contributed by atoms with Gasteiger partial charge in [0.15, 0.2) is 0 Å². The molecule has 3 aliphatic heterocycles. The molecule has 0 spiro atoms. The first-order chi connectivity index (χ1) is 12.3. The average molecular weight is 334 g/mol. The normalized spacial score (nSPS) is 25.9. The maximum atomic E-state index is 2.79. The molecule has 5 rings (SSSR count). The van der Waals surface area contributed by atoms with E-state index in [2.05, 4.69) is 72.5 Å². The Morgan fingerprint density at radius 2 is 1.44 bits per heavy atom. The molecule has 0 saturated carbocycles. The van der Waals surface area contributed by atoms with Gasteiger partial charge in [0, 0.05) is 11.5 Å². The summed E-state index contributed by atoms with van der Waals surface area (Å²) in [6.07, 6.45) is 7.98. The minimum Gasteiger partial charge on any atom is -0.300 e. The van der Waals surface area contributed by atoms with Gasteiger partial charge in [-0.3, -0.25) is 0 Å². The summed E-state index contributed by atoms with van der Waals surface area (Å²) < 4.78 is 0. The molecule has 0 N–H and O–H groups in total. The summed E-state index contributed by atoms with van der Waals surface area (Å²) in [6.45, 7) is 4.98. The molecule has 0 unspecified atom stereocenters. The minimum atomic E-state index is 0.152. The maximum absolute atomic E-state index is 2.79. The Morgan fingerprint density at radius 1 is 0.880 bits per heavy atom. The lowest BCUT2D eigenvalue weighted by atomic mass is 9.65. The molecule has 25 heavy (non-hydrogen) atoms. The number of hydrogen-bond acceptors (Lipinski definition) is 1. The van der Waals surface area contributed by atoms with E-state index < -0.39 is 0 Å². The Bertz CT molecular complexity index is 616. The van der Waals surface area contributed by atoms with Crippen LogP contribution in [-0.4, -0.2) is 24.0 Å².